The molecule has 1 unspecified atom stereocenters. The average Bonchev–Trinajstić information content (AvgIpc) is 2.93. The van der Waals surface area contributed by atoms with Crippen LogP contribution in [0.4, 0.5) is 11.4 Å². The standard InChI is InChI=1S/C17H16N2O4S/c1-11-10-23-16-5-3-2-4-15(16)19(11)24(21,22)13-6-7-14-12(8-13)9-17(20)18-14/h2-8,11H,9-10H2,1H3,(H,18,20). The van der Waals surface area contributed by atoms with E-state index in [0.29, 0.717) is 29.3 Å². The van der Waals surface area contributed by atoms with Crippen LogP contribution < -0.4 is 14.4 Å². The number of rotatable bonds is 2. The van der Waals surface area contributed by atoms with Gasteiger partial charge in [-0.2, -0.15) is 0 Å². The van der Waals surface area contributed by atoms with Gasteiger partial charge in [0.2, 0.25) is 5.91 Å². The molecule has 2 aromatic rings. The van der Waals surface area contributed by atoms with E-state index in [0.717, 1.165) is 0 Å². The number of amides is 1. The number of hydrogen-bond acceptors (Lipinski definition) is 4. The van der Waals surface area contributed by atoms with E-state index in [2.05, 4.69) is 5.32 Å². The quantitative estimate of drug-likeness (QED) is 0.906. The van der Waals surface area contributed by atoms with E-state index in [1.807, 2.05) is 13.0 Å². The number of benzene rings is 2. The van der Waals surface area contributed by atoms with Gasteiger partial charge in [0.05, 0.1) is 23.0 Å². The SMILES string of the molecule is CC1COc2ccccc2N1S(=O)(=O)c1ccc2c(c1)CC(=O)N2. The molecule has 2 aliphatic heterocycles. The number of sulfonamides is 1. The minimum atomic E-state index is -3.75. The number of ether oxygens (including phenoxy) is 1. The molecule has 24 heavy (non-hydrogen) atoms. The summed E-state index contributed by atoms with van der Waals surface area (Å²) in [5.74, 6) is 0.432. The molecule has 0 radical (unpaired) electrons. The fourth-order valence-electron chi connectivity index (χ4n) is 3.12. The van der Waals surface area contributed by atoms with Crippen molar-refractivity contribution in [3.05, 3.63) is 48.0 Å². The third-order valence-corrected chi connectivity index (χ3v) is 6.17. The molecule has 2 aromatic carbocycles. The van der Waals surface area contributed by atoms with Gasteiger partial charge in [0.15, 0.2) is 0 Å². The second kappa shape index (κ2) is 5.24. The second-order valence-corrected chi connectivity index (χ2v) is 7.79. The van der Waals surface area contributed by atoms with Crippen molar-refractivity contribution in [2.24, 2.45) is 0 Å². The first-order valence-electron chi connectivity index (χ1n) is 7.66. The summed E-state index contributed by atoms with van der Waals surface area (Å²) in [6.45, 7) is 2.10. The van der Waals surface area contributed by atoms with E-state index in [1.54, 1.807) is 30.3 Å². The smallest absolute Gasteiger partial charge is 0.264 e. The maximum atomic E-state index is 13.2. The Morgan fingerprint density at radius 3 is 2.83 bits per heavy atom. The molecule has 0 saturated heterocycles. The molecule has 0 saturated carbocycles. The molecule has 0 spiro atoms. The number of nitrogens with zero attached hydrogens (tertiary/aromatic N) is 1. The first kappa shape index (κ1) is 15.0. The van der Waals surface area contributed by atoms with E-state index >= 15 is 0 Å². The van der Waals surface area contributed by atoms with E-state index < -0.39 is 10.0 Å². The van der Waals surface area contributed by atoms with Crippen molar-refractivity contribution in [3.8, 4) is 5.75 Å². The fraction of sp³-hybridized carbons (Fsp3) is 0.235. The van der Waals surface area contributed by atoms with Crippen LogP contribution >= 0.6 is 0 Å². The Morgan fingerprint density at radius 2 is 2.00 bits per heavy atom. The number of hydrogen-bond donors (Lipinski definition) is 1. The zero-order valence-corrected chi connectivity index (χ0v) is 13.8. The van der Waals surface area contributed by atoms with Crippen molar-refractivity contribution in [3.63, 3.8) is 0 Å². The lowest BCUT2D eigenvalue weighted by atomic mass is 10.2. The van der Waals surface area contributed by atoms with Gasteiger partial charge in [-0.3, -0.25) is 9.10 Å². The summed E-state index contributed by atoms with van der Waals surface area (Å²) < 4.78 is 33.4. The average molecular weight is 344 g/mol. The highest BCUT2D eigenvalue weighted by molar-refractivity contribution is 7.92. The van der Waals surface area contributed by atoms with Crippen molar-refractivity contribution in [2.75, 3.05) is 16.2 Å². The Morgan fingerprint density at radius 1 is 1.21 bits per heavy atom. The van der Waals surface area contributed by atoms with Gasteiger partial charge in [-0.25, -0.2) is 8.42 Å². The van der Waals surface area contributed by atoms with E-state index in [1.165, 1.54) is 10.4 Å². The number of anilines is 2. The largest absolute Gasteiger partial charge is 0.489 e. The fourth-order valence-corrected chi connectivity index (χ4v) is 4.83. The monoisotopic (exact) mass is 344 g/mol. The number of carbonyl (C=O) groups is 1. The summed E-state index contributed by atoms with van der Waals surface area (Å²) in [5, 5.41) is 2.71. The van der Waals surface area contributed by atoms with Gasteiger partial charge in [0.1, 0.15) is 12.4 Å². The van der Waals surface area contributed by atoms with Gasteiger partial charge in [0, 0.05) is 5.69 Å². The molecule has 0 aliphatic carbocycles. The van der Waals surface area contributed by atoms with Crippen LogP contribution in [0, 0.1) is 0 Å². The third-order valence-electron chi connectivity index (χ3n) is 4.24. The van der Waals surface area contributed by atoms with Gasteiger partial charge < -0.3 is 10.1 Å². The lowest BCUT2D eigenvalue weighted by molar-refractivity contribution is -0.115. The molecule has 0 bridgehead atoms. The van der Waals surface area contributed by atoms with Gasteiger partial charge in [-0.05, 0) is 42.8 Å². The minimum Gasteiger partial charge on any atom is -0.489 e. The molecule has 6 nitrogen and oxygen atoms in total. The zero-order valence-electron chi connectivity index (χ0n) is 13.0. The van der Waals surface area contributed by atoms with Crippen LogP contribution in [0.1, 0.15) is 12.5 Å². The summed E-state index contributed by atoms with van der Waals surface area (Å²) >= 11 is 0. The molecule has 2 heterocycles. The van der Waals surface area contributed by atoms with Gasteiger partial charge in [-0.1, -0.05) is 12.1 Å². The highest BCUT2D eigenvalue weighted by Crippen LogP contribution is 2.38. The number of para-hydroxylation sites is 2. The zero-order chi connectivity index (χ0) is 16.9. The normalized spacial score (nSPS) is 19.3. The first-order chi connectivity index (χ1) is 11.5. The Hall–Kier alpha value is -2.54. The maximum Gasteiger partial charge on any atom is 0.264 e. The topological polar surface area (TPSA) is 75.7 Å². The van der Waals surface area contributed by atoms with Crippen molar-refractivity contribution < 1.29 is 17.9 Å². The first-order valence-corrected chi connectivity index (χ1v) is 9.10. The van der Waals surface area contributed by atoms with Crippen molar-refractivity contribution >= 4 is 27.3 Å². The van der Waals surface area contributed by atoms with Crippen LogP contribution in [0.3, 0.4) is 0 Å². The van der Waals surface area contributed by atoms with Gasteiger partial charge in [0.25, 0.3) is 10.0 Å². The summed E-state index contributed by atoms with van der Waals surface area (Å²) in [4.78, 5) is 11.7. The molecule has 7 heteroatoms. The minimum absolute atomic E-state index is 0.121. The van der Waals surface area contributed by atoms with Crippen molar-refractivity contribution in [1.29, 1.82) is 0 Å². The number of fused-ring (bicyclic) bond motifs is 2. The molecule has 1 amide bonds. The molecular formula is C17H16N2O4S. The Balaban J connectivity index is 1.81. The molecule has 4 rings (SSSR count). The van der Waals surface area contributed by atoms with Crippen LogP contribution in [-0.2, 0) is 21.2 Å². The van der Waals surface area contributed by atoms with Crippen LogP contribution in [-0.4, -0.2) is 27.0 Å². The van der Waals surface area contributed by atoms with Gasteiger partial charge in [-0.15, -0.1) is 0 Å². The van der Waals surface area contributed by atoms with Crippen molar-refractivity contribution in [1.82, 2.24) is 0 Å². The Bertz CT molecular complexity index is 939. The molecule has 1 N–H and O–H groups in total. The van der Waals surface area contributed by atoms with Crippen molar-refractivity contribution in [2.45, 2.75) is 24.3 Å². The molecule has 124 valence electrons. The molecular weight excluding hydrogens is 328 g/mol. The number of nitrogens with one attached hydrogen (secondary N) is 1. The Kier molecular flexibility index (Phi) is 3.28. The van der Waals surface area contributed by atoms with E-state index in [4.69, 9.17) is 4.74 Å². The molecule has 0 aromatic heterocycles. The predicted octanol–water partition coefficient (Wildman–Crippen LogP) is 2.16. The second-order valence-electron chi connectivity index (χ2n) is 5.97. The highest BCUT2D eigenvalue weighted by atomic mass is 32.2. The maximum absolute atomic E-state index is 13.2. The molecule has 1 atom stereocenters. The van der Waals surface area contributed by atoms with E-state index in [-0.39, 0.29) is 23.3 Å². The highest BCUT2D eigenvalue weighted by Gasteiger charge is 2.35. The summed E-state index contributed by atoms with van der Waals surface area (Å²) in [6, 6.07) is 11.5. The van der Waals surface area contributed by atoms with Crippen LogP contribution in [0.5, 0.6) is 5.75 Å². The lowest BCUT2D eigenvalue weighted by Gasteiger charge is -2.35. The molecule has 2 aliphatic rings. The van der Waals surface area contributed by atoms with Gasteiger partial charge >= 0.3 is 0 Å². The van der Waals surface area contributed by atoms with Crippen LogP contribution in [0.25, 0.3) is 0 Å². The lowest BCUT2D eigenvalue weighted by Crippen LogP contribution is -2.44. The summed E-state index contributed by atoms with van der Waals surface area (Å²) in [7, 11) is -3.75. The van der Waals surface area contributed by atoms with E-state index in [9.17, 15) is 13.2 Å². The molecule has 0 fully saturated rings. The summed E-state index contributed by atoms with van der Waals surface area (Å²) in [6.07, 6.45) is 0.202. The third kappa shape index (κ3) is 2.24. The van der Waals surface area contributed by atoms with Crippen LogP contribution in [0.15, 0.2) is 47.4 Å². The predicted molar refractivity (Wildman–Crippen MR) is 89.8 cm³/mol. The van der Waals surface area contributed by atoms with Crippen LogP contribution in [0.2, 0.25) is 0 Å². The number of carbonyl (C=O) groups excluding carboxylic acids is 1. The summed E-state index contributed by atoms with van der Waals surface area (Å²) in [5.41, 5.74) is 1.91. The Labute approximate surface area is 140 Å².